The van der Waals surface area contributed by atoms with E-state index in [1.165, 1.54) is 0 Å². The molecule has 3 atom stereocenters. The smallest absolute Gasteiger partial charge is 0.239 e. The van der Waals surface area contributed by atoms with Gasteiger partial charge in [0.05, 0.1) is 18.2 Å². The zero-order chi connectivity index (χ0) is 13.7. The third kappa shape index (κ3) is 4.16. The van der Waals surface area contributed by atoms with Gasteiger partial charge in [-0.05, 0) is 39.7 Å². The van der Waals surface area contributed by atoms with E-state index in [0.29, 0.717) is 13.1 Å². The number of nitrogens with zero attached hydrogens (tertiary/aromatic N) is 1. The van der Waals surface area contributed by atoms with Gasteiger partial charge in [0.25, 0.3) is 0 Å². The Morgan fingerprint density at radius 3 is 2.11 bits per heavy atom. The summed E-state index contributed by atoms with van der Waals surface area (Å²) in [6.07, 6.45) is 4.73. The van der Waals surface area contributed by atoms with Crippen molar-refractivity contribution >= 4 is 5.91 Å². The Bertz CT molecular complexity index is 268. The van der Waals surface area contributed by atoms with Gasteiger partial charge < -0.3 is 19.7 Å². The molecule has 1 N–H and O–H groups in total. The number of carbonyl (C=O) groups is 1. The fourth-order valence-electron chi connectivity index (χ4n) is 2.72. The molecule has 0 bridgehead atoms. The topological polar surface area (TPSA) is 50.8 Å². The van der Waals surface area contributed by atoms with Gasteiger partial charge >= 0.3 is 0 Å². The Labute approximate surface area is 115 Å². The molecule has 2 aliphatic heterocycles. The average molecular weight is 270 g/mol. The van der Waals surface area contributed by atoms with Gasteiger partial charge in [-0.15, -0.1) is 0 Å². The molecule has 1 amide bonds. The van der Waals surface area contributed by atoms with E-state index in [4.69, 9.17) is 9.47 Å². The molecule has 0 saturated carbocycles. The number of likely N-dealkylation sites (N-methyl/N-ethyl adjacent to an activating group) is 1. The van der Waals surface area contributed by atoms with Crippen molar-refractivity contribution in [3.63, 3.8) is 0 Å². The van der Waals surface area contributed by atoms with Crippen LogP contribution >= 0.6 is 0 Å². The first kappa shape index (κ1) is 14.8. The molecular formula is C14H26N2O3. The summed E-state index contributed by atoms with van der Waals surface area (Å²) in [6, 6.07) is -0.150. The van der Waals surface area contributed by atoms with E-state index in [0.717, 1.165) is 38.9 Å². The molecule has 2 saturated heterocycles. The number of carbonyl (C=O) groups excluding carboxylic acids is 1. The van der Waals surface area contributed by atoms with Crippen LogP contribution in [0.4, 0.5) is 0 Å². The van der Waals surface area contributed by atoms with Gasteiger partial charge in [-0.3, -0.25) is 4.79 Å². The maximum Gasteiger partial charge on any atom is 0.239 e. The summed E-state index contributed by atoms with van der Waals surface area (Å²) in [5.74, 6) is 0.147. The zero-order valence-corrected chi connectivity index (χ0v) is 12.1. The second-order valence-electron chi connectivity index (χ2n) is 5.52. The Kier molecular flexibility index (Phi) is 5.60. The van der Waals surface area contributed by atoms with E-state index in [9.17, 15) is 4.79 Å². The molecule has 0 radical (unpaired) electrons. The largest absolute Gasteiger partial charge is 0.376 e. The van der Waals surface area contributed by atoms with Gasteiger partial charge in [0.2, 0.25) is 5.91 Å². The highest BCUT2D eigenvalue weighted by molar-refractivity contribution is 5.81. The van der Waals surface area contributed by atoms with E-state index in [2.05, 4.69) is 5.32 Å². The molecule has 2 aliphatic rings. The van der Waals surface area contributed by atoms with Crippen LogP contribution in [-0.4, -0.2) is 62.4 Å². The van der Waals surface area contributed by atoms with Crippen LogP contribution in [0.1, 0.15) is 32.6 Å². The molecule has 0 aromatic rings. The molecule has 2 heterocycles. The predicted molar refractivity (Wildman–Crippen MR) is 73.0 cm³/mol. The summed E-state index contributed by atoms with van der Waals surface area (Å²) >= 11 is 0. The maximum atomic E-state index is 12.4. The van der Waals surface area contributed by atoms with Gasteiger partial charge in [0.15, 0.2) is 0 Å². The molecule has 2 rings (SSSR count). The third-order valence-corrected chi connectivity index (χ3v) is 4.01. The second-order valence-corrected chi connectivity index (χ2v) is 5.52. The SMILES string of the molecule is CNC(C)C(=O)N(CC1CCCO1)CC1CCCO1. The first-order valence-electron chi connectivity index (χ1n) is 7.40. The van der Waals surface area contributed by atoms with Gasteiger partial charge in [-0.25, -0.2) is 0 Å². The Hall–Kier alpha value is -0.650. The van der Waals surface area contributed by atoms with E-state index in [-0.39, 0.29) is 24.2 Å². The lowest BCUT2D eigenvalue weighted by Crippen LogP contribution is -2.49. The Balaban J connectivity index is 1.92. The van der Waals surface area contributed by atoms with Crippen LogP contribution in [-0.2, 0) is 14.3 Å². The minimum Gasteiger partial charge on any atom is -0.376 e. The number of hydrogen-bond acceptors (Lipinski definition) is 4. The zero-order valence-electron chi connectivity index (χ0n) is 12.1. The highest BCUT2D eigenvalue weighted by atomic mass is 16.5. The lowest BCUT2D eigenvalue weighted by molar-refractivity contribution is -0.136. The molecule has 2 fully saturated rings. The molecule has 0 aliphatic carbocycles. The summed E-state index contributed by atoms with van der Waals surface area (Å²) < 4.78 is 11.3. The second kappa shape index (κ2) is 7.22. The molecule has 0 aromatic heterocycles. The highest BCUT2D eigenvalue weighted by Gasteiger charge is 2.28. The number of amides is 1. The fourth-order valence-corrected chi connectivity index (χ4v) is 2.72. The van der Waals surface area contributed by atoms with Crippen LogP contribution in [0.3, 0.4) is 0 Å². The van der Waals surface area contributed by atoms with Gasteiger partial charge in [-0.1, -0.05) is 0 Å². The standard InChI is InChI=1S/C14H26N2O3/c1-11(15-2)14(17)16(9-12-5-3-7-18-12)10-13-6-4-8-19-13/h11-13,15H,3-10H2,1-2H3. The van der Waals surface area contributed by atoms with E-state index >= 15 is 0 Å². The molecule has 110 valence electrons. The van der Waals surface area contributed by atoms with Crippen molar-refractivity contribution in [2.24, 2.45) is 0 Å². The van der Waals surface area contributed by atoms with Crippen molar-refractivity contribution in [1.82, 2.24) is 10.2 Å². The monoisotopic (exact) mass is 270 g/mol. The minimum absolute atomic E-state index is 0.147. The molecule has 5 nitrogen and oxygen atoms in total. The van der Waals surface area contributed by atoms with Crippen LogP contribution in [0, 0.1) is 0 Å². The van der Waals surface area contributed by atoms with Gasteiger partial charge in [0.1, 0.15) is 0 Å². The molecular weight excluding hydrogens is 244 g/mol. The normalized spacial score (nSPS) is 28.5. The summed E-state index contributed by atoms with van der Waals surface area (Å²) in [7, 11) is 1.82. The lowest BCUT2D eigenvalue weighted by Gasteiger charge is -2.30. The number of rotatable bonds is 6. The van der Waals surface area contributed by atoms with Crippen LogP contribution in [0.2, 0.25) is 0 Å². The predicted octanol–water partition coefficient (Wildman–Crippen LogP) is 0.781. The molecule has 19 heavy (non-hydrogen) atoms. The minimum atomic E-state index is -0.150. The quantitative estimate of drug-likeness (QED) is 0.775. The summed E-state index contributed by atoms with van der Waals surface area (Å²) in [6.45, 7) is 4.96. The summed E-state index contributed by atoms with van der Waals surface area (Å²) in [5, 5.41) is 3.02. The maximum absolute atomic E-state index is 12.4. The third-order valence-electron chi connectivity index (χ3n) is 4.01. The summed E-state index contributed by atoms with van der Waals surface area (Å²) in [5.41, 5.74) is 0. The van der Waals surface area contributed by atoms with Crippen molar-refractivity contribution in [2.45, 2.75) is 50.9 Å². The van der Waals surface area contributed by atoms with Crippen LogP contribution in [0.25, 0.3) is 0 Å². The van der Waals surface area contributed by atoms with Gasteiger partial charge in [0, 0.05) is 26.3 Å². The molecule has 0 spiro atoms. The van der Waals surface area contributed by atoms with Crippen LogP contribution in [0.5, 0.6) is 0 Å². The first-order valence-corrected chi connectivity index (χ1v) is 7.40. The number of ether oxygens (including phenoxy) is 2. The molecule has 3 unspecified atom stereocenters. The van der Waals surface area contributed by atoms with Crippen molar-refractivity contribution < 1.29 is 14.3 Å². The van der Waals surface area contributed by atoms with Crippen LogP contribution < -0.4 is 5.32 Å². The van der Waals surface area contributed by atoms with E-state index in [1.807, 2.05) is 18.9 Å². The van der Waals surface area contributed by atoms with Gasteiger partial charge in [-0.2, -0.15) is 0 Å². The average Bonchev–Trinajstić information content (AvgIpc) is 3.09. The molecule has 5 heteroatoms. The van der Waals surface area contributed by atoms with E-state index < -0.39 is 0 Å². The van der Waals surface area contributed by atoms with Crippen molar-refractivity contribution in [2.75, 3.05) is 33.4 Å². The first-order chi connectivity index (χ1) is 9.20. The molecule has 0 aromatic carbocycles. The van der Waals surface area contributed by atoms with Crippen molar-refractivity contribution in [3.8, 4) is 0 Å². The number of nitrogens with one attached hydrogen (secondary N) is 1. The lowest BCUT2D eigenvalue weighted by atomic mass is 10.1. The summed E-state index contributed by atoms with van der Waals surface area (Å²) in [4.78, 5) is 14.3. The Morgan fingerprint density at radius 1 is 1.21 bits per heavy atom. The fraction of sp³-hybridized carbons (Fsp3) is 0.929. The Morgan fingerprint density at radius 2 is 1.74 bits per heavy atom. The number of hydrogen-bond donors (Lipinski definition) is 1. The van der Waals surface area contributed by atoms with Crippen LogP contribution in [0.15, 0.2) is 0 Å². The highest BCUT2D eigenvalue weighted by Crippen LogP contribution is 2.17. The van der Waals surface area contributed by atoms with E-state index in [1.54, 1.807) is 0 Å². The van der Waals surface area contributed by atoms with Crippen molar-refractivity contribution in [1.29, 1.82) is 0 Å². The van der Waals surface area contributed by atoms with Crippen molar-refractivity contribution in [3.05, 3.63) is 0 Å².